The van der Waals surface area contributed by atoms with Gasteiger partial charge in [0.1, 0.15) is 0 Å². The summed E-state index contributed by atoms with van der Waals surface area (Å²) >= 11 is 0. The molecule has 0 aromatic carbocycles. The molecule has 0 aromatic heterocycles. The third kappa shape index (κ3) is 21.3. The van der Waals surface area contributed by atoms with Crippen molar-refractivity contribution in [3.63, 3.8) is 0 Å². The Kier molecular flexibility index (Phi) is 21.8. The highest BCUT2D eigenvalue weighted by atomic mass is 31.2. The zero-order valence-electron chi connectivity index (χ0n) is 21.8. The van der Waals surface area contributed by atoms with Crippen LogP contribution in [0.2, 0.25) is 0 Å². The highest BCUT2D eigenvalue weighted by Gasteiger charge is 2.23. The molecule has 12 heteroatoms. The van der Waals surface area contributed by atoms with Crippen LogP contribution in [0.4, 0.5) is 0 Å². The first-order valence-corrected chi connectivity index (χ1v) is 16.9. The molecule has 0 aliphatic rings. The van der Waals surface area contributed by atoms with Crippen molar-refractivity contribution in [2.45, 2.75) is 141 Å². The van der Waals surface area contributed by atoms with Gasteiger partial charge >= 0.3 is 15.2 Å². The monoisotopic (exact) mass is 556 g/mol. The molecule has 6 N–H and O–H groups in total. The summed E-state index contributed by atoms with van der Waals surface area (Å²) in [5, 5.41) is 22.7. The number of hydrogen-bond acceptors (Lipinski definition) is 6. The van der Waals surface area contributed by atoms with E-state index in [4.69, 9.17) is 30.0 Å². The smallest absolute Gasteiger partial charge is 0.373 e. The minimum Gasteiger partial charge on any atom is -0.410 e. The van der Waals surface area contributed by atoms with E-state index in [9.17, 15) is 9.13 Å². The van der Waals surface area contributed by atoms with Gasteiger partial charge in [-0.2, -0.15) is 0 Å². The minimum absolute atomic E-state index is 0.149. The predicted octanol–water partition coefficient (Wildman–Crippen LogP) is 7.50. The van der Waals surface area contributed by atoms with E-state index >= 15 is 0 Å². The highest BCUT2D eigenvalue weighted by Crippen LogP contribution is 2.39. The first-order chi connectivity index (χ1) is 17.1. The van der Waals surface area contributed by atoms with Gasteiger partial charge in [0.25, 0.3) is 0 Å². The summed E-state index contributed by atoms with van der Waals surface area (Å²) in [4.78, 5) is 35.9. The maximum Gasteiger partial charge on any atom is 0.373 e. The van der Waals surface area contributed by atoms with Crippen LogP contribution < -0.4 is 0 Å². The molecular formula is C24H50N2O8P2. The Labute approximate surface area is 217 Å². The maximum atomic E-state index is 11.0. The van der Waals surface area contributed by atoms with Crippen LogP contribution in [0.5, 0.6) is 0 Å². The Morgan fingerprint density at radius 2 is 0.556 bits per heavy atom. The zero-order chi connectivity index (χ0) is 27.1. The molecule has 0 rings (SSSR count). The number of rotatable bonds is 25. The third-order valence-electron chi connectivity index (χ3n) is 6.45. The van der Waals surface area contributed by atoms with Gasteiger partial charge in [0.05, 0.1) is 0 Å². The lowest BCUT2D eigenvalue weighted by Gasteiger charge is -2.06. The second kappa shape index (κ2) is 22.2. The average Bonchev–Trinajstić information content (AvgIpc) is 2.80. The fourth-order valence-corrected chi connectivity index (χ4v) is 5.39. The Morgan fingerprint density at radius 3 is 0.694 bits per heavy atom. The van der Waals surface area contributed by atoms with Crippen molar-refractivity contribution in [1.29, 1.82) is 0 Å². The fraction of sp³-hybridized carbons (Fsp3) is 0.917. The van der Waals surface area contributed by atoms with Gasteiger partial charge in [0.15, 0.2) is 10.9 Å². The summed E-state index contributed by atoms with van der Waals surface area (Å²) in [6, 6.07) is 0. The molecule has 0 aliphatic heterocycles. The number of unbranched alkanes of at least 4 members (excludes halogenated alkanes) is 19. The van der Waals surface area contributed by atoms with Gasteiger partial charge < -0.3 is 30.0 Å². The molecule has 0 fully saturated rings. The first-order valence-electron chi connectivity index (χ1n) is 13.7. The van der Waals surface area contributed by atoms with E-state index in [1.165, 1.54) is 77.0 Å². The molecule has 0 atom stereocenters. The Bertz CT molecular complexity index is 634. The van der Waals surface area contributed by atoms with Crippen LogP contribution in [0.3, 0.4) is 0 Å². The second-order valence-electron chi connectivity index (χ2n) is 9.69. The molecule has 0 saturated heterocycles. The Hall–Kier alpha value is -0.760. The Morgan fingerprint density at radius 1 is 0.389 bits per heavy atom. The summed E-state index contributed by atoms with van der Waals surface area (Å²) in [5.41, 5.74) is -0.832. The zero-order valence-corrected chi connectivity index (χ0v) is 23.6. The first kappa shape index (κ1) is 35.2. The van der Waals surface area contributed by atoms with E-state index in [0.717, 1.165) is 38.5 Å². The van der Waals surface area contributed by atoms with Gasteiger partial charge in [-0.3, -0.25) is 9.13 Å². The normalized spacial score (nSPS) is 13.4. The summed E-state index contributed by atoms with van der Waals surface area (Å²) in [7, 11) is -8.81. The number of hydrogen-bond donors (Lipinski definition) is 6. The second-order valence-corrected chi connectivity index (χ2v) is 12.9. The van der Waals surface area contributed by atoms with E-state index in [0.29, 0.717) is 12.8 Å². The minimum atomic E-state index is -4.40. The summed E-state index contributed by atoms with van der Waals surface area (Å²) in [5.74, 6) is 0. The van der Waals surface area contributed by atoms with Gasteiger partial charge in [-0.15, -0.1) is 0 Å². The van der Waals surface area contributed by atoms with Crippen LogP contribution in [0.1, 0.15) is 141 Å². The molecule has 0 amide bonds. The van der Waals surface area contributed by atoms with Crippen molar-refractivity contribution in [3.8, 4) is 0 Å². The Balaban J connectivity index is 3.29. The van der Waals surface area contributed by atoms with Crippen LogP contribution in [0.25, 0.3) is 0 Å². The van der Waals surface area contributed by atoms with Gasteiger partial charge in [0, 0.05) is 12.8 Å². The van der Waals surface area contributed by atoms with E-state index in [1.807, 2.05) is 0 Å². The largest absolute Gasteiger partial charge is 0.410 e. The summed E-state index contributed by atoms with van der Waals surface area (Å²) in [6.45, 7) is 0. The van der Waals surface area contributed by atoms with Crippen molar-refractivity contribution in [1.82, 2.24) is 0 Å². The average molecular weight is 557 g/mol. The molecule has 0 aliphatic carbocycles. The van der Waals surface area contributed by atoms with Crippen LogP contribution in [-0.2, 0) is 9.13 Å². The van der Waals surface area contributed by atoms with Crippen molar-refractivity contribution in [2.75, 3.05) is 0 Å². The quantitative estimate of drug-likeness (QED) is 0.0220. The van der Waals surface area contributed by atoms with E-state index in [-0.39, 0.29) is 12.8 Å². The highest BCUT2D eigenvalue weighted by molar-refractivity contribution is 7.70. The van der Waals surface area contributed by atoms with Gasteiger partial charge in [-0.1, -0.05) is 126 Å². The van der Waals surface area contributed by atoms with Crippen LogP contribution in [0, 0.1) is 0 Å². The standard InChI is InChI=1S/C24H50N2O8P2/c27-25-23(35(29,30)31)21-19-17-15-13-11-9-7-5-3-1-2-4-6-8-10-12-14-16-18-20-22-24(26-28)36(32,33)34/h27-28H,1-22H2,(H2,29,30,31)(H2,32,33,34)/b25-23-,26-24-. The molecule has 0 spiro atoms. The van der Waals surface area contributed by atoms with E-state index in [2.05, 4.69) is 10.3 Å². The lowest BCUT2D eigenvalue weighted by atomic mass is 10.0. The van der Waals surface area contributed by atoms with Gasteiger partial charge in [0.2, 0.25) is 0 Å². The third-order valence-corrected chi connectivity index (χ3v) is 8.43. The van der Waals surface area contributed by atoms with Crippen molar-refractivity contribution in [2.24, 2.45) is 10.3 Å². The molecule has 0 saturated carbocycles. The van der Waals surface area contributed by atoms with Gasteiger partial charge in [-0.25, -0.2) is 0 Å². The molecule has 0 heterocycles. The maximum absolute atomic E-state index is 11.0. The molecule has 0 bridgehead atoms. The van der Waals surface area contributed by atoms with Crippen molar-refractivity contribution in [3.05, 3.63) is 0 Å². The SMILES string of the molecule is O=P(O)(O)/C(CCCCCCCCCCCCCCCCCCCCCC/C(=N/O)P(=O)(O)O)=N\O. The topological polar surface area (TPSA) is 180 Å². The predicted molar refractivity (Wildman–Crippen MR) is 144 cm³/mol. The summed E-state index contributed by atoms with van der Waals surface area (Å²) < 4.78 is 22.0. The lowest BCUT2D eigenvalue weighted by Crippen LogP contribution is -1.99. The van der Waals surface area contributed by atoms with Crippen LogP contribution >= 0.6 is 15.2 Å². The molecule has 10 nitrogen and oxygen atoms in total. The molecule has 0 unspecified atom stereocenters. The van der Waals surface area contributed by atoms with Crippen molar-refractivity contribution >= 4 is 26.1 Å². The van der Waals surface area contributed by atoms with E-state index < -0.39 is 26.1 Å². The fourth-order valence-electron chi connectivity index (χ4n) is 4.26. The number of nitrogens with zero attached hydrogens (tertiary/aromatic N) is 2. The molecule has 0 aromatic rings. The molecular weight excluding hydrogens is 506 g/mol. The molecule has 36 heavy (non-hydrogen) atoms. The number of oxime groups is 2. The van der Waals surface area contributed by atoms with Crippen LogP contribution in [0.15, 0.2) is 10.3 Å². The van der Waals surface area contributed by atoms with Crippen molar-refractivity contribution < 1.29 is 39.1 Å². The molecule has 214 valence electrons. The van der Waals surface area contributed by atoms with Crippen LogP contribution in [-0.4, -0.2) is 40.9 Å². The lowest BCUT2D eigenvalue weighted by molar-refractivity contribution is 0.314. The summed E-state index contributed by atoms with van der Waals surface area (Å²) in [6.07, 6.45) is 22.9. The molecule has 0 radical (unpaired) electrons. The van der Waals surface area contributed by atoms with Gasteiger partial charge in [-0.05, 0) is 12.8 Å². The van der Waals surface area contributed by atoms with E-state index in [1.54, 1.807) is 0 Å².